The third-order valence-corrected chi connectivity index (χ3v) is 2.96. The first-order valence-corrected chi connectivity index (χ1v) is 4.73. The number of halogens is 1. The Bertz CT molecular complexity index is 150. The van der Waals surface area contributed by atoms with Crippen molar-refractivity contribution in [3.63, 3.8) is 0 Å². The standard InChI is InChI=1S/C10H19FO/c1-10(2,3)7-4-5-8(11)9(12)6-7/h7-9,12H,4-6H2,1-3H3/t7-,8-,9+/m1/s1. The first-order valence-electron chi connectivity index (χ1n) is 4.73. The Hall–Kier alpha value is -0.110. The van der Waals surface area contributed by atoms with Crippen LogP contribution in [0.15, 0.2) is 0 Å². The van der Waals surface area contributed by atoms with Crippen molar-refractivity contribution in [3.8, 4) is 0 Å². The fourth-order valence-electron chi connectivity index (χ4n) is 1.90. The molecule has 1 saturated carbocycles. The van der Waals surface area contributed by atoms with E-state index in [0.717, 1.165) is 6.42 Å². The molecule has 0 unspecified atom stereocenters. The average Bonchev–Trinajstić information content (AvgIpc) is 1.92. The monoisotopic (exact) mass is 174 g/mol. The van der Waals surface area contributed by atoms with Crippen LogP contribution in [0.2, 0.25) is 0 Å². The predicted molar refractivity (Wildman–Crippen MR) is 47.7 cm³/mol. The molecule has 2 heteroatoms. The smallest absolute Gasteiger partial charge is 0.126 e. The van der Waals surface area contributed by atoms with Gasteiger partial charge in [0.05, 0.1) is 6.10 Å². The number of rotatable bonds is 0. The molecule has 1 nitrogen and oxygen atoms in total. The van der Waals surface area contributed by atoms with Crippen LogP contribution in [0, 0.1) is 11.3 Å². The molecule has 1 aliphatic carbocycles. The summed E-state index contributed by atoms with van der Waals surface area (Å²) in [6.45, 7) is 6.47. The summed E-state index contributed by atoms with van der Waals surface area (Å²) in [5, 5.41) is 9.34. The first-order chi connectivity index (χ1) is 5.41. The molecule has 0 amide bonds. The summed E-state index contributed by atoms with van der Waals surface area (Å²) in [7, 11) is 0. The Morgan fingerprint density at radius 3 is 2.25 bits per heavy atom. The van der Waals surface area contributed by atoms with Gasteiger partial charge in [-0.2, -0.15) is 0 Å². The van der Waals surface area contributed by atoms with E-state index in [1.54, 1.807) is 0 Å². The van der Waals surface area contributed by atoms with Crippen molar-refractivity contribution in [1.29, 1.82) is 0 Å². The SMILES string of the molecule is CC(C)(C)[C@@H]1CC[C@@H](F)[C@@H](O)C1. The highest BCUT2D eigenvalue weighted by molar-refractivity contribution is 4.85. The molecule has 12 heavy (non-hydrogen) atoms. The number of aliphatic hydroxyl groups is 1. The molecule has 0 aromatic heterocycles. The molecule has 0 heterocycles. The van der Waals surface area contributed by atoms with Gasteiger partial charge >= 0.3 is 0 Å². The molecule has 0 aromatic rings. The second-order valence-corrected chi connectivity index (χ2v) is 4.96. The summed E-state index contributed by atoms with van der Waals surface area (Å²) in [5.41, 5.74) is 0.209. The Morgan fingerprint density at radius 1 is 1.25 bits per heavy atom. The minimum Gasteiger partial charge on any atom is -0.390 e. The highest BCUT2D eigenvalue weighted by atomic mass is 19.1. The maximum atomic E-state index is 12.9. The normalized spacial score (nSPS) is 38.2. The fourth-order valence-corrected chi connectivity index (χ4v) is 1.90. The lowest BCUT2D eigenvalue weighted by Gasteiger charge is -2.37. The average molecular weight is 174 g/mol. The van der Waals surface area contributed by atoms with Gasteiger partial charge in [-0.15, -0.1) is 0 Å². The maximum absolute atomic E-state index is 12.9. The summed E-state index contributed by atoms with van der Waals surface area (Å²) in [4.78, 5) is 0. The Balaban J connectivity index is 2.51. The van der Waals surface area contributed by atoms with E-state index in [-0.39, 0.29) is 5.41 Å². The van der Waals surface area contributed by atoms with Crippen molar-refractivity contribution in [1.82, 2.24) is 0 Å². The lowest BCUT2D eigenvalue weighted by molar-refractivity contribution is -0.00336. The highest BCUT2D eigenvalue weighted by Gasteiger charge is 2.34. The van der Waals surface area contributed by atoms with Crippen LogP contribution in [0.4, 0.5) is 4.39 Å². The van der Waals surface area contributed by atoms with Gasteiger partial charge < -0.3 is 5.11 Å². The molecule has 72 valence electrons. The molecule has 0 aromatic carbocycles. The van der Waals surface area contributed by atoms with Crippen molar-refractivity contribution >= 4 is 0 Å². The molecule has 0 spiro atoms. The van der Waals surface area contributed by atoms with Crippen LogP contribution in [0.3, 0.4) is 0 Å². The van der Waals surface area contributed by atoms with E-state index >= 15 is 0 Å². The topological polar surface area (TPSA) is 20.2 Å². The van der Waals surface area contributed by atoms with Gasteiger partial charge in [0.25, 0.3) is 0 Å². The van der Waals surface area contributed by atoms with Gasteiger partial charge in [-0.3, -0.25) is 0 Å². The maximum Gasteiger partial charge on any atom is 0.126 e. The zero-order chi connectivity index (χ0) is 9.35. The van der Waals surface area contributed by atoms with Gasteiger partial charge in [0, 0.05) is 0 Å². The van der Waals surface area contributed by atoms with E-state index in [1.807, 2.05) is 0 Å². The van der Waals surface area contributed by atoms with E-state index in [2.05, 4.69) is 20.8 Å². The zero-order valence-corrected chi connectivity index (χ0v) is 8.18. The van der Waals surface area contributed by atoms with Gasteiger partial charge in [-0.1, -0.05) is 20.8 Å². The number of alkyl halides is 1. The van der Waals surface area contributed by atoms with Crippen molar-refractivity contribution in [2.24, 2.45) is 11.3 Å². The van der Waals surface area contributed by atoms with E-state index in [0.29, 0.717) is 18.8 Å². The summed E-state index contributed by atoms with van der Waals surface area (Å²) in [6, 6.07) is 0. The van der Waals surface area contributed by atoms with Crippen LogP contribution in [0.5, 0.6) is 0 Å². The molecule has 0 radical (unpaired) electrons. The van der Waals surface area contributed by atoms with E-state index in [1.165, 1.54) is 0 Å². The molecule has 1 N–H and O–H groups in total. The summed E-state index contributed by atoms with van der Waals surface area (Å²) < 4.78 is 12.9. The van der Waals surface area contributed by atoms with Crippen molar-refractivity contribution in [2.75, 3.05) is 0 Å². The largest absolute Gasteiger partial charge is 0.390 e. The molecular formula is C10H19FO. The molecule has 1 fully saturated rings. The van der Waals surface area contributed by atoms with E-state index in [9.17, 15) is 9.50 Å². The fraction of sp³-hybridized carbons (Fsp3) is 1.00. The van der Waals surface area contributed by atoms with Crippen molar-refractivity contribution in [2.45, 2.75) is 52.3 Å². The molecule has 0 aliphatic heterocycles. The minimum atomic E-state index is -0.983. The molecule has 1 aliphatic rings. The quantitative estimate of drug-likeness (QED) is 0.598. The van der Waals surface area contributed by atoms with Crippen molar-refractivity contribution in [3.05, 3.63) is 0 Å². The van der Waals surface area contributed by atoms with Gasteiger partial charge in [-0.25, -0.2) is 4.39 Å². The van der Waals surface area contributed by atoms with Crippen LogP contribution in [-0.2, 0) is 0 Å². The Kier molecular flexibility index (Phi) is 2.77. The second kappa shape index (κ2) is 3.33. The van der Waals surface area contributed by atoms with E-state index < -0.39 is 12.3 Å². The van der Waals surface area contributed by atoms with Gasteiger partial charge in [0.15, 0.2) is 0 Å². The molecule has 1 rings (SSSR count). The Morgan fingerprint density at radius 2 is 1.83 bits per heavy atom. The lowest BCUT2D eigenvalue weighted by atomic mass is 9.71. The second-order valence-electron chi connectivity index (χ2n) is 4.96. The minimum absolute atomic E-state index is 0.209. The van der Waals surface area contributed by atoms with Crippen LogP contribution in [0.25, 0.3) is 0 Å². The number of aliphatic hydroxyl groups excluding tert-OH is 1. The first kappa shape index (κ1) is 9.97. The van der Waals surface area contributed by atoms with Gasteiger partial charge in [0.2, 0.25) is 0 Å². The predicted octanol–water partition coefficient (Wildman–Crippen LogP) is 2.53. The lowest BCUT2D eigenvalue weighted by Crippen LogP contribution is -2.35. The van der Waals surface area contributed by atoms with Crippen LogP contribution in [0.1, 0.15) is 40.0 Å². The van der Waals surface area contributed by atoms with Gasteiger partial charge in [0.1, 0.15) is 6.17 Å². The number of hydrogen-bond acceptors (Lipinski definition) is 1. The number of hydrogen-bond donors (Lipinski definition) is 1. The van der Waals surface area contributed by atoms with Crippen LogP contribution >= 0.6 is 0 Å². The summed E-state index contributed by atoms with van der Waals surface area (Å²) in [6.07, 6.45) is 0.377. The molecule has 0 saturated heterocycles. The highest BCUT2D eigenvalue weighted by Crippen LogP contribution is 2.38. The molecular weight excluding hydrogens is 155 g/mol. The molecule has 3 atom stereocenters. The van der Waals surface area contributed by atoms with E-state index in [4.69, 9.17) is 0 Å². The van der Waals surface area contributed by atoms with Crippen LogP contribution < -0.4 is 0 Å². The van der Waals surface area contributed by atoms with Crippen molar-refractivity contribution < 1.29 is 9.50 Å². The van der Waals surface area contributed by atoms with Crippen LogP contribution in [-0.4, -0.2) is 17.4 Å². The van der Waals surface area contributed by atoms with Gasteiger partial charge in [-0.05, 0) is 30.6 Å². The molecule has 0 bridgehead atoms. The summed E-state index contributed by atoms with van der Waals surface area (Å²) >= 11 is 0. The Labute approximate surface area is 74.0 Å². The third kappa shape index (κ3) is 2.19. The summed E-state index contributed by atoms with van der Waals surface area (Å²) in [5.74, 6) is 0.472. The zero-order valence-electron chi connectivity index (χ0n) is 8.18. The third-order valence-electron chi connectivity index (χ3n) is 2.96.